The number of hydrogen-bond acceptors (Lipinski definition) is 4. The van der Waals surface area contributed by atoms with Gasteiger partial charge in [0.1, 0.15) is 5.54 Å². The van der Waals surface area contributed by atoms with Crippen LogP contribution in [0.1, 0.15) is 19.4 Å². The molecule has 1 amide bonds. The first-order chi connectivity index (χ1) is 8.79. The van der Waals surface area contributed by atoms with Crippen LogP contribution in [0.25, 0.3) is 0 Å². The molecule has 4 N–H and O–H groups in total. The van der Waals surface area contributed by atoms with E-state index in [0.29, 0.717) is 5.75 Å². The van der Waals surface area contributed by atoms with E-state index in [1.54, 1.807) is 13.8 Å². The summed E-state index contributed by atoms with van der Waals surface area (Å²) in [4.78, 5) is 12.2. The second-order valence-electron chi connectivity index (χ2n) is 5.18. The molecule has 0 bridgehead atoms. The minimum Gasteiger partial charge on any atom is -0.387 e. The maximum Gasteiger partial charge on any atom is 0.244 e. The molecule has 0 radical (unpaired) electrons. The zero-order valence-electron chi connectivity index (χ0n) is 11.6. The van der Waals surface area contributed by atoms with Crippen molar-refractivity contribution in [3.8, 4) is 0 Å². The fraction of sp³-hybridized carbons (Fsp3) is 0.500. The Morgan fingerprint density at radius 3 is 2.47 bits per heavy atom. The summed E-state index contributed by atoms with van der Waals surface area (Å²) >= 11 is 1.53. The number of nitrogens with two attached hydrogens (primary N) is 1. The van der Waals surface area contributed by atoms with Gasteiger partial charge in [0.2, 0.25) is 5.91 Å². The number of carbonyl (C=O) groups is 1. The molecule has 19 heavy (non-hydrogen) atoms. The van der Waals surface area contributed by atoms with Gasteiger partial charge in [-0.1, -0.05) is 30.3 Å². The topological polar surface area (TPSA) is 75.3 Å². The molecule has 0 spiro atoms. The van der Waals surface area contributed by atoms with Crippen molar-refractivity contribution >= 4 is 17.7 Å². The lowest BCUT2D eigenvalue weighted by Gasteiger charge is -2.28. The van der Waals surface area contributed by atoms with Gasteiger partial charge in [-0.15, -0.1) is 0 Å². The molecular formula is C14H22N2O2S. The van der Waals surface area contributed by atoms with Crippen molar-refractivity contribution in [1.82, 2.24) is 5.32 Å². The summed E-state index contributed by atoms with van der Waals surface area (Å²) in [6, 6.07) is 9.20. The van der Waals surface area contributed by atoms with Crippen molar-refractivity contribution in [2.24, 2.45) is 5.73 Å². The van der Waals surface area contributed by atoms with E-state index < -0.39 is 11.1 Å². The predicted molar refractivity (Wildman–Crippen MR) is 80.0 cm³/mol. The van der Waals surface area contributed by atoms with Gasteiger partial charge in [-0.3, -0.25) is 4.79 Å². The molecule has 0 fully saturated rings. The Labute approximate surface area is 118 Å². The van der Waals surface area contributed by atoms with Gasteiger partial charge >= 0.3 is 0 Å². The number of rotatable bonds is 6. The van der Waals surface area contributed by atoms with Gasteiger partial charge in [0.15, 0.2) is 0 Å². The molecule has 2 atom stereocenters. The summed E-state index contributed by atoms with van der Waals surface area (Å²) in [6.45, 7) is 3.55. The Hall–Kier alpha value is -1.04. The highest BCUT2D eigenvalue weighted by Crippen LogP contribution is 2.18. The largest absolute Gasteiger partial charge is 0.387 e. The summed E-state index contributed by atoms with van der Waals surface area (Å²) in [5, 5.41) is 12.7. The van der Waals surface area contributed by atoms with E-state index in [9.17, 15) is 9.90 Å². The van der Waals surface area contributed by atoms with E-state index in [0.717, 1.165) is 5.56 Å². The molecule has 106 valence electrons. The molecule has 1 aromatic carbocycles. The summed E-state index contributed by atoms with van der Waals surface area (Å²) in [6.07, 6.45) is 1.91. The highest BCUT2D eigenvalue weighted by molar-refractivity contribution is 7.98. The zero-order valence-corrected chi connectivity index (χ0v) is 12.5. The molecule has 5 heteroatoms. The number of aliphatic hydroxyl groups is 1. The van der Waals surface area contributed by atoms with Crippen LogP contribution in [0.5, 0.6) is 0 Å². The molecule has 0 heterocycles. The van der Waals surface area contributed by atoms with Crippen LogP contribution in [0.4, 0.5) is 0 Å². The van der Waals surface area contributed by atoms with Crippen LogP contribution in [-0.2, 0) is 10.3 Å². The highest BCUT2D eigenvalue weighted by atomic mass is 32.2. The van der Waals surface area contributed by atoms with Crippen LogP contribution < -0.4 is 11.1 Å². The molecule has 0 saturated heterocycles. The summed E-state index contributed by atoms with van der Waals surface area (Å²) in [7, 11) is 0. The first-order valence-electron chi connectivity index (χ1n) is 6.13. The third-order valence-corrected chi connectivity index (χ3v) is 3.84. The van der Waals surface area contributed by atoms with Crippen molar-refractivity contribution in [2.75, 3.05) is 18.6 Å². The van der Waals surface area contributed by atoms with Crippen LogP contribution in [-0.4, -0.2) is 35.2 Å². The quantitative estimate of drug-likeness (QED) is 0.730. The maximum absolute atomic E-state index is 12.2. The number of hydrogen-bond donors (Lipinski definition) is 3. The van der Waals surface area contributed by atoms with Crippen LogP contribution in [0.2, 0.25) is 0 Å². The number of amides is 1. The predicted octanol–water partition coefficient (Wildman–Crippen LogP) is 1.09. The van der Waals surface area contributed by atoms with Crippen molar-refractivity contribution in [2.45, 2.75) is 25.0 Å². The van der Waals surface area contributed by atoms with Gasteiger partial charge < -0.3 is 16.2 Å². The second-order valence-corrected chi connectivity index (χ2v) is 6.05. The number of benzene rings is 1. The Kier molecular flexibility index (Phi) is 5.40. The minimum absolute atomic E-state index is 0.187. The van der Waals surface area contributed by atoms with E-state index in [1.165, 1.54) is 11.8 Å². The summed E-state index contributed by atoms with van der Waals surface area (Å²) in [5.74, 6) is 0.264. The van der Waals surface area contributed by atoms with Crippen molar-refractivity contribution < 1.29 is 9.90 Å². The van der Waals surface area contributed by atoms with Crippen molar-refractivity contribution in [3.63, 3.8) is 0 Å². The van der Waals surface area contributed by atoms with Gasteiger partial charge in [0, 0.05) is 12.3 Å². The average molecular weight is 282 g/mol. The summed E-state index contributed by atoms with van der Waals surface area (Å²) < 4.78 is 0. The third kappa shape index (κ3) is 4.53. The van der Waals surface area contributed by atoms with Crippen LogP contribution in [0, 0.1) is 0 Å². The lowest BCUT2D eigenvalue weighted by Crippen LogP contribution is -2.53. The molecule has 0 saturated carbocycles. The maximum atomic E-state index is 12.2. The molecule has 0 aliphatic heterocycles. The molecular weight excluding hydrogens is 260 g/mol. The molecule has 1 aromatic rings. The van der Waals surface area contributed by atoms with E-state index in [2.05, 4.69) is 5.32 Å². The van der Waals surface area contributed by atoms with Crippen LogP contribution in [0.15, 0.2) is 30.3 Å². The third-order valence-electron chi connectivity index (χ3n) is 2.93. The van der Waals surface area contributed by atoms with Gasteiger partial charge in [-0.25, -0.2) is 0 Å². The number of nitrogens with one attached hydrogen (secondary N) is 1. The first-order valence-corrected chi connectivity index (χ1v) is 7.53. The van der Waals surface area contributed by atoms with E-state index in [4.69, 9.17) is 5.73 Å². The molecule has 2 unspecified atom stereocenters. The van der Waals surface area contributed by atoms with Gasteiger partial charge in [-0.2, -0.15) is 11.8 Å². The molecule has 0 aliphatic carbocycles. The minimum atomic E-state index is -1.10. The molecule has 1 rings (SSSR count). The van der Waals surface area contributed by atoms with Crippen molar-refractivity contribution in [3.05, 3.63) is 35.9 Å². The molecule has 4 nitrogen and oxygen atoms in total. The van der Waals surface area contributed by atoms with Crippen LogP contribution in [0.3, 0.4) is 0 Å². The standard InChI is InChI=1S/C14H22N2O2S/c1-13(18,10-19-3)9-16-12(17)14(2,15)11-7-5-4-6-8-11/h4-8,18H,9-10,15H2,1-3H3,(H,16,17). The van der Waals surface area contributed by atoms with Crippen molar-refractivity contribution in [1.29, 1.82) is 0 Å². The molecule has 0 aliphatic rings. The van der Waals surface area contributed by atoms with Gasteiger partial charge in [0.25, 0.3) is 0 Å². The monoisotopic (exact) mass is 282 g/mol. The lowest BCUT2D eigenvalue weighted by molar-refractivity contribution is -0.127. The van der Waals surface area contributed by atoms with E-state index >= 15 is 0 Å². The van der Waals surface area contributed by atoms with Gasteiger partial charge in [-0.05, 0) is 25.7 Å². The fourth-order valence-electron chi connectivity index (χ4n) is 1.73. The Morgan fingerprint density at radius 2 is 1.95 bits per heavy atom. The van der Waals surface area contributed by atoms with E-state index in [-0.39, 0.29) is 12.5 Å². The smallest absolute Gasteiger partial charge is 0.244 e. The Balaban J connectivity index is 2.68. The highest BCUT2D eigenvalue weighted by Gasteiger charge is 2.31. The zero-order chi connectivity index (χ0) is 14.5. The second kappa shape index (κ2) is 6.41. The first kappa shape index (κ1) is 16.0. The Bertz CT molecular complexity index is 419. The number of carbonyl (C=O) groups excluding carboxylic acids is 1. The fourth-order valence-corrected chi connectivity index (χ4v) is 2.46. The van der Waals surface area contributed by atoms with Gasteiger partial charge in [0.05, 0.1) is 5.60 Å². The Morgan fingerprint density at radius 1 is 1.37 bits per heavy atom. The van der Waals surface area contributed by atoms with E-state index in [1.807, 2.05) is 36.6 Å². The summed E-state index contributed by atoms with van der Waals surface area (Å²) in [5.41, 5.74) is 4.80. The number of thioether (sulfide) groups is 1. The SMILES string of the molecule is CSCC(C)(O)CNC(=O)C(C)(N)c1ccccc1. The molecule has 0 aromatic heterocycles. The normalized spacial score (nSPS) is 17.3. The lowest BCUT2D eigenvalue weighted by atomic mass is 9.92. The van der Waals surface area contributed by atoms with Crippen LogP contribution >= 0.6 is 11.8 Å². The average Bonchev–Trinajstić information content (AvgIpc) is 2.37.